The number of aromatic nitrogens is 5. The Labute approximate surface area is 183 Å². The Kier molecular flexibility index (Phi) is 5.10. The monoisotopic (exact) mass is 414 g/mol. The fourth-order valence-electron chi connectivity index (χ4n) is 4.78. The molecule has 0 bridgehead atoms. The van der Waals surface area contributed by atoms with Crippen molar-refractivity contribution in [2.24, 2.45) is 0 Å². The van der Waals surface area contributed by atoms with Gasteiger partial charge >= 0.3 is 0 Å². The molecule has 4 aromatic rings. The molecule has 6 heteroatoms. The molecule has 0 atom stereocenters. The summed E-state index contributed by atoms with van der Waals surface area (Å²) in [6.45, 7) is 12.3. The molecule has 0 amide bonds. The number of likely N-dealkylation sites (tertiary alicyclic amines) is 1. The lowest BCUT2D eigenvalue weighted by molar-refractivity contribution is 0.149. The van der Waals surface area contributed by atoms with Gasteiger partial charge in [0.2, 0.25) is 0 Å². The number of aryl methyl sites for hydroxylation is 1. The van der Waals surface area contributed by atoms with Gasteiger partial charge in [-0.25, -0.2) is 9.50 Å². The first-order chi connectivity index (χ1) is 15.0. The number of hydrogen-bond acceptors (Lipinski definition) is 4. The van der Waals surface area contributed by atoms with Crippen molar-refractivity contribution < 1.29 is 0 Å². The lowest BCUT2D eigenvalue weighted by Crippen LogP contribution is -2.45. The first-order valence-electron chi connectivity index (χ1n) is 11.3. The molecule has 6 nitrogen and oxygen atoms in total. The third kappa shape index (κ3) is 3.55. The smallest absolute Gasteiger partial charge is 0.158 e. The van der Waals surface area contributed by atoms with E-state index >= 15 is 0 Å². The Bertz CT molecular complexity index is 1190. The van der Waals surface area contributed by atoms with Crippen LogP contribution in [0.15, 0.2) is 42.9 Å². The molecule has 1 saturated heterocycles. The van der Waals surface area contributed by atoms with Gasteiger partial charge in [-0.15, -0.1) is 0 Å². The second-order valence-corrected chi connectivity index (χ2v) is 9.03. The first kappa shape index (κ1) is 19.9. The fourth-order valence-corrected chi connectivity index (χ4v) is 4.78. The maximum absolute atomic E-state index is 4.75. The van der Waals surface area contributed by atoms with Crippen molar-refractivity contribution in [1.29, 1.82) is 0 Å². The first-order valence-corrected chi connectivity index (χ1v) is 11.3. The lowest BCUT2D eigenvalue weighted by Gasteiger charge is -2.39. The standard InChI is InChI=1S/C25H30N6/c1-5-10-30-12-21(13-30)18-6-8-19(9-7-18)23-22(16(2)3)24(29-28-23)20-11-17(4)25-26-15-27-31(25)14-20/h6-9,11,14-16,21H,5,10,12-13H2,1-4H3,(H,28,29). The van der Waals surface area contributed by atoms with Crippen LogP contribution in [0.25, 0.3) is 28.2 Å². The topological polar surface area (TPSA) is 62.1 Å². The van der Waals surface area contributed by atoms with E-state index in [-0.39, 0.29) is 0 Å². The summed E-state index contributed by atoms with van der Waals surface area (Å²) in [5, 5.41) is 12.4. The molecule has 4 heterocycles. The van der Waals surface area contributed by atoms with E-state index in [4.69, 9.17) is 5.10 Å². The zero-order valence-electron chi connectivity index (χ0n) is 18.8. The third-order valence-corrected chi connectivity index (χ3v) is 6.38. The van der Waals surface area contributed by atoms with Gasteiger partial charge < -0.3 is 4.90 Å². The molecule has 0 spiro atoms. The number of benzene rings is 1. The molecule has 1 aromatic carbocycles. The van der Waals surface area contributed by atoms with Gasteiger partial charge in [-0.05, 0) is 43.0 Å². The highest BCUT2D eigenvalue weighted by Gasteiger charge is 2.27. The van der Waals surface area contributed by atoms with E-state index in [1.165, 1.54) is 42.7 Å². The maximum atomic E-state index is 4.75. The normalized spacial score (nSPS) is 15.1. The highest BCUT2D eigenvalue weighted by atomic mass is 15.3. The van der Waals surface area contributed by atoms with Crippen molar-refractivity contribution >= 4 is 5.65 Å². The summed E-state index contributed by atoms with van der Waals surface area (Å²) in [5.74, 6) is 1.00. The van der Waals surface area contributed by atoms with Crippen LogP contribution >= 0.6 is 0 Å². The van der Waals surface area contributed by atoms with Crippen LogP contribution in [-0.4, -0.2) is 49.3 Å². The number of nitrogens with one attached hydrogen (secondary N) is 1. The predicted molar refractivity (Wildman–Crippen MR) is 124 cm³/mol. The zero-order valence-corrected chi connectivity index (χ0v) is 18.8. The van der Waals surface area contributed by atoms with E-state index in [1.54, 1.807) is 6.33 Å². The van der Waals surface area contributed by atoms with Crippen LogP contribution in [0.3, 0.4) is 0 Å². The fraction of sp³-hybridized carbons (Fsp3) is 0.400. The molecule has 0 unspecified atom stereocenters. The minimum atomic E-state index is 0.337. The zero-order chi connectivity index (χ0) is 21.5. The van der Waals surface area contributed by atoms with Crippen LogP contribution in [-0.2, 0) is 0 Å². The van der Waals surface area contributed by atoms with E-state index in [2.05, 4.69) is 78.1 Å². The average Bonchev–Trinajstić information content (AvgIpc) is 3.38. The van der Waals surface area contributed by atoms with Crippen molar-refractivity contribution in [1.82, 2.24) is 29.7 Å². The van der Waals surface area contributed by atoms with Crippen LogP contribution in [0, 0.1) is 6.92 Å². The summed E-state index contributed by atoms with van der Waals surface area (Å²) in [7, 11) is 0. The third-order valence-electron chi connectivity index (χ3n) is 6.38. The van der Waals surface area contributed by atoms with E-state index in [1.807, 2.05) is 10.7 Å². The summed E-state index contributed by atoms with van der Waals surface area (Å²) in [5.41, 5.74) is 9.01. The lowest BCUT2D eigenvalue weighted by atomic mass is 9.89. The molecule has 1 fully saturated rings. The van der Waals surface area contributed by atoms with Gasteiger partial charge in [-0.1, -0.05) is 45.0 Å². The van der Waals surface area contributed by atoms with Crippen molar-refractivity contribution in [3.63, 3.8) is 0 Å². The van der Waals surface area contributed by atoms with Crippen LogP contribution in [0.2, 0.25) is 0 Å². The Hall–Kier alpha value is -2.99. The summed E-state index contributed by atoms with van der Waals surface area (Å²) in [4.78, 5) is 6.87. The number of H-pyrrole nitrogens is 1. The number of hydrogen-bond donors (Lipinski definition) is 1. The molecule has 1 N–H and O–H groups in total. The van der Waals surface area contributed by atoms with Crippen molar-refractivity contribution in [2.75, 3.05) is 19.6 Å². The Morgan fingerprint density at radius 2 is 1.90 bits per heavy atom. The molecule has 1 aliphatic heterocycles. The molecule has 5 rings (SSSR count). The molecule has 31 heavy (non-hydrogen) atoms. The van der Waals surface area contributed by atoms with Gasteiger partial charge in [0.25, 0.3) is 0 Å². The molecular formula is C25H30N6. The van der Waals surface area contributed by atoms with E-state index in [0.717, 1.165) is 28.2 Å². The quantitative estimate of drug-likeness (QED) is 0.481. The Balaban J connectivity index is 1.47. The van der Waals surface area contributed by atoms with E-state index in [0.29, 0.717) is 11.8 Å². The van der Waals surface area contributed by atoms with Crippen LogP contribution in [0.4, 0.5) is 0 Å². The van der Waals surface area contributed by atoms with E-state index in [9.17, 15) is 0 Å². The molecule has 0 radical (unpaired) electrons. The van der Waals surface area contributed by atoms with Crippen LogP contribution in [0.1, 0.15) is 55.7 Å². The predicted octanol–water partition coefficient (Wildman–Crippen LogP) is 5.03. The van der Waals surface area contributed by atoms with Crippen LogP contribution in [0.5, 0.6) is 0 Å². The van der Waals surface area contributed by atoms with Gasteiger partial charge in [0.05, 0.1) is 11.4 Å². The molecule has 0 saturated carbocycles. The Morgan fingerprint density at radius 3 is 2.61 bits per heavy atom. The van der Waals surface area contributed by atoms with Crippen molar-refractivity contribution in [3.8, 4) is 22.5 Å². The molecule has 0 aliphatic carbocycles. The SMILES string of the molecule is CCCN1CC(c2ccc(-c3n[nH]c(-c4cc(C)c5ncnn5c4)c3C(C)C)cc2)C1. The number of pyridine rings is 1. The molecular weight excluding hydrogens is 384 g/mol. The van der Waals surface area contributed by atoms with Crippen LogP contribution < -0.4 is 0 Å². The van der Waals surface area contributed by atoms with Crippen molar-refractivity contribution in [2.45, 2.75) is 46.0 Å². The highest BCUT2D eigenvalue weighted by Crippen LogP contribution is 2.37. The average molecular weight is 415 g/mol. The summed E-state index contributed by atoms with van der Waals surface area (Å²) < 4.78 is 1.84. The molecule has 3 aromatic heterocycles. The van der Waals surface area contributed by atoms with Gasteiger partial charge in [-0.2, -0.15) is 10.2 Å². The number of nitrogens with zero attached hydrogens (tertiary/aromatic N) is 5. The summed E-state index contributed by atoms with van der Waals surface area (Å²) >= 11 is 0. The molecule has 160 valence electrons. The summed E-state index contributed by atoms with van der Waals surface area (Å²) in [6, 6.07) is 11.2. The van der Waals surface area contributed by atoms with Crippen molar-refractivity contribution in [3.05, 3.63) is 59.5 Å². The highest BCUT2D eigenvalue weighted by molar-refractivity contribution is 5.76. The number of fused-ring (bicyclic) bond motifs is 1. The second kappa shape index (κ2) is 7.93. The Morgan fingerprint density at radius 1 is 1.13 bits per heavy atom. The number of aromatic amines is 1. The number of rotatable bonds is 6. The molecule has 1 aliphatic rings. The van der Waals surface area contributed by atoms with Gasteiger partial charge in [0, 0.05) is 41.9 Å². The van der Waals surface area contributed by atoms with E-state index < -0.39 is 0 Å². The minimum absolute atomic E-state index is 0.337. The largest absolute Gasteiger partial charge is 0.302 e. The van der Waals surface area contributed by atoms with Gasteiger partial charge in [0.1, 0.15) is 6.33 Å². The van der Waals surface area contributed by atoms with Gasteiger partial charge in [0.15, 0.2) is 5.65 Å². The maximum Gasteiger partial charge on any atom is 0.158 e. The van der Waals surface area contributed by atoms with Gasteiger partial charge in [-0.3, -0.25) is 5.10 Å². The minimum Gasteiger partial charge on any atom is -0.302 e. The summed E-state index contributed by atoms with van der Waals surface area (Å²) in [6.07, 6.45) is 4.85. The second-order valence-electron chi connectivity index (χ2n) is 9.03.